The number of aromatic amines is 1. The van der Waals surface area contributed by atoms with Crippen molar-refractivity contribution < 1.29 is 9.90 Å². The summed E-state index contributed by atoms with van der Waals surface area (Å²) in [7, 11) is 1.89. The van der Waals surface area contributed by atoms with Gasteiger partial charge < -0.3 is 15.7 Å². The summed E-state index contributed by atoms with van der Waals surface area (Å²) in [5, 5.41) is 9.51. The lowest BCUT2D eigenvalue weighted by atomic mass is 9.96. The largest absolute Gasteiger partial charge is 0.494 e. The number of rotatable bonds is 1. The van der Waals surface area contributed by atoms with Gasteiger partial charge in [-0.05, 0) is 19.0 Å². The number of H-pyrrole nitrogens is 1. The summed E-state index contributed by atoms with van der Waals surface area (Å²) in [5.41, 5.74) is 5.97. The predicted octanol–water partition coefficient (Wildman–Crippen LogP) is -0.833. The first kappa shape index (κ1) is 10.7. The molecule has 0 saturated carbocycles. The number of likely N-dealkylation sites (N-methyl/N-ethyl adjacent to an activating group) is 1. The van der Waals surface area contributed by atoms with E-state index in [1.54, 1.807) is 0 Å². The van der Waals surface area contributed by atoms with Crippen LogP contribution in [0.3, 0.4) is 0 Å². The van der Waals surface area contributed by atoms with Crippen LogP contribution in [0.15, 0.2) is 4.79 Å². The average Bonchev–Trinajstić information content (AvgIpc) is 2.18. The third-order valence-corrected chi connectivity index (χ3v) is 2.83. The van der Waals surface area contributed by atoms with E-state index in [1.165, 1.54) is 0 Å². The predicted molar refractivity (Wildman–Crippen MR) is 57.3 cm³/mol. The zero-order valence-corrected chi connectivity index (χ0v) is 8.91. The second-order valence-electron chi connectivity index (χ2n) is 3.99. The van der Waals surface area contributed by atoms with Gasteiger partial charge in [0.1, 0.15) is 5.56 Å². The number of fused-ring (bicyclic) bond motifs is 1. The van der Waals surface area contributed by atoms with Gasteiger partial charge in [-0.15, -0.1) is 0 Å². The normalized spacial score (nSPS) is 15.8. The first-order chi connectivity index (χ1) is 7.50. The lowest BCUT2D eigenvalue weighted by Crippen LogP contribution is -2.34. The number of primary amides is 1. The molecule has 4 N–H and O–H groups in total. The third kappa shape index (κ3) is 1.57. The Balaban J connectivity index is 2.69. The second-order valence-corrected chi connectivity index (χ2v) is 3.99. The highest BCUT2D eigenvalue weighted by molar-refractivity contribution is 5.96. The molecule has 0 aromatic carbocycles. The summed E-state index contributed by atoms with van der Waals surface area (Å²) in [6.45, 7) is 1.20. The number of nitrogens with two attached hydrogens (primary N) is 1. The van der Waals surface area contributed by atoms with Crippen molar-refractivity contribution in [1.82, 2.24) is 9.88 Å². The Bertz CT molecular complexity index is 507. The SMILES string of the molecule is CN1CCc2c(C(N)=O)c(O)[nH]c(=O)c2C1. The van der Waals surface area contributed by atoms with Crippen LogP contribution in [0.5, 0.6) is 5.88 Å². The Labute approximate surface area is 91.7 Å². The molecule has 1 aliphatic heterocycles. The number of nitrogens with zero attached hydrogens (tertiary/aromatic N) is 1. The Morgan fingerprint density at radius 3 is 2.81 bits per heavy atom. The van der Waals surface area contributed by atoms with Gasteiger partial charge in [-0.3, -0.25) is 14.6 Å². The van der Waals surface area contributed by atoms with Crippen LogP contribution in [-0.4, -0.2) is 34.5 Å². The van der Waals surface area contributed by atoms with Crippen LogP contribution in [-0.2, 0) is 13.0 Å². The summed E-state index contributed by atoms with van der Waals surface area (Å²) >= 11 is 0. The fourth-order valence-corrected chi connectivity index (χ4v) is 2.04. The van der Waals surface area contributed by atoms with E-state index in [0.717, 1.165) is 6.54 Å². The molecule has 0 fully saturated rings. The van der Waals surface area contributed by atoms with Gasteiger partial charge in [0.25, 0.3) is 11.5 Å². The molecule has 2 rings (SSSR count). The Morgan fingerprint density at radius 2 is 2.19 bits per heavy atom. The minimum atomic E-state index is -0.713. The minimum Gasteiger partial charge on any atom is -0.494 e. The first-order valence-corrected chi connectivity index (χ1v) is 4.96. The van der Waals surface area contributed by atoms with Crippen molar-refractivity contribution in [2.45, 2.75) is 13.0 Å². The third-order valence-electron chi connectivity index (χ3n) is 2.83. The molecule has 86 valence electrons. The molecule has 0 unspecified atom stereocenters. The standard InChI is InChI=1S/C10H13N3O3/c1-13-3-2-5-6(4-13)9(15)12-10(16)7(5)8(11)14/h2-4H2,1H3,(H2,11,14)(H2,12,15,16). The average molecular weight is 223 g/mol. The quantitative estimate of drug-likeness (QED) is 0.578. The van der Waals surface area contributed by atoms with Crippen molar-refractivity contribution in [3.63, 3.8) is 0 Å². The molecule has 1 aromatic rings. The van der Waals surface area contributed by atoms with Crippen LogP contribution < -0.4 is 11.3 Å². The number of aromatic hydroxyl groups is 1. The molecule has 6 heteroatoms. The zero-order valence-electron chi connectivity index (χ0n) is 8.91. The van der Waals surface area contributed by atoms with Crippen molar-refractivity contribution in [3.8, 4) is 5.88 Å². The van der Waals surface area contributed by atoms with Gasteiger partial charge in [0.2, 0.25) is 5.88 Å². The zero-order chi connectivity index (χ0) is 11.9. The van der Waals surface area contributed by atoms with E-state index in [9.17, 15) is 14.7 Å². The summed E-state index contributed by atoms with van der Waals surface area (Å²) in [6, 6.07) is 0. The van der Waals surface area contributed by atoms with Crippen molar-refractivity contribution in [2.24, 2.45) is 5.73 Å². The maximum absolute atomic E-state index is 11.6. The molecule has 6 nitrogen and oxygen atoms in total. The van der Waals surface area contributed by atoms with Crippen LogP contribution in [0.1, 0.15) is 21.5 Å². The molecule has 1 aliphatic rings. The summed E-state index contributed by atoms with van der Waals surface area (Å²) < 4.78 is 0. The van der Waals surface area contributed by atoms with Crippen molar-refractivity contribution in [2.75, 3.05) is 13.6 Å². The van der Waals surface area contributed by atoms with E-state index in [4.69, 9.17) is 5.73 Å². The molecule has 0 radical (unpaired) electrons. The molecule has 1 aromatic heterocycles. The molecule has 1 amide bonds. The lowest BCUT2D eigenvalue weighted by Gasteiger charge is -2.25. The second kappa shape index (κ2) is 3.64. The van der Waals surface area contributed by atoms with Crippen molar-refractivity contribution in [3.05, 3.63) is 27.0 Å². The first-order valence-electron chi connectivity index (χ1n) is 4.96. The van der Waals surface area contributed by atoms with Gasteiger partial charge in [0, 0.05) is 18.7 Å². The monoisotopic (exact) mass is 223 g/mol. The van der Waals surface area contributed by atoms with E-state index < -0.39 is 11.8 Å². The molecular formula is C10H13N3O3. The number of hydrogen-bond donors (Lipinski definition) is 3. The molecule has 2 heterocycles. The van der Waals surface area contributed by atoms with Crippen LogP contribution in [0.2, 0.25) is 0 Å². The van der Waals surface area contributed by atoms with Gasteiger partial charge >= 0.3 is 0 Å². The molecule has 0 saturated heterocycles. The summed E-state index contributed by atoms with van der Waals surface area (Å²) in [6.07, 6.45) is 0.543. The number of carbonyl (C=O) groups is 1. The number of carbonyl (C=O) groups excluding carboxylic acids is 1. The molecule has 0 atom stereocenters. The minimum absolute atomic E-state index is 0.0442. The Morgan fingerprint density at radius 1 is 1.50 bits per heavy atom. The van der Waals surface area contributed by atoms with E-state index in [1.807, 2.05) is 11.9 Å². The van der Waals surface area contributed by atoms with Crippen LogP contribution in [0.4, 0.5) is 0 Å². The van der Waals surface area contributed by atoms with E-state index in [0.29, 0.717) is 24.1 Å². The van der Waals surface area contributed by atoms with Crippen LogP contribution >= 0.6 is 0 Å². The summed E-state index contributed by atoms with van der Waals surface area (Å²) in [5.74, 6) is -1.14. The van der Waals surface area contributed by atoms with Crippen molar-refractivity contribution in [1.29, 1.82) is 0 Å². The van der Waals surface area contributed by atoms with Crippen LogP contribution in [0.25, 0.3) is 0 Å². The van der Waals surface area contributed by atoms with Crippen molar-refractivity contribution >= 4 is 5.91 Å². The van der Waals surface area contributed by atoms with Gasteiger partial charge in [0.15, 0.2) is 0 Å². The number of nitrogens with one attached hydrogen (secondary N) is 1. The van der Waals surface area contributed by atoms with Gasteiger partial charge in [-0.2, -0.15) is 0 Å². The number of pyridine rings is 1. The summed E-state index contributed by atoms with van der Waals surface area (Å²) in [4.78, 5) is 27.0. The highest BCUT2D eigenvalue weighted by atomic mass is 16.3. The molecule has 16 heavy (non-hydrogen) atoms. The Kier molecular flexibility index (Phi) is 2.43. The highest BCUT2D eigenvalue weighted by Gasteiger charge is 2.24. The maximum Gasteiger partial charge on any atom is 0.255 e. The van der Waals surface area contributed by atoms with E-state index in [2.05, 4.69) is 4.98 Å². The number of aromatic nitrogens is 1. The van der Waals surface area contributed by atoms with E-state index in [-0.39, 0.29) is 11.1 Å². The topological polar surface area (TPSA) is 99.4 Å². The molecular weight excluding hydrogens is 210 g/mol. The fraction of sp³-hybridized carbons (Fsp3) is 0.400. The number of amides is 1. The van der Waals surface area contributed by atoms with Crippen LogP contribution in [0, 0.1) is 0 Å². The Hall–Kier alpha value is -1.82. The number of hydrogen-bond acceptors (Lipinski definition) is 4. The van der Waals surface area contributed by atoms with Gasteiger partial charge in [-0.1, -0.05) is 0 Å². The van der Waals surface area contributed by atoms with Gasteiger partial charge in [-0.25, -0.2) is 0 Å². The fourth-order valence-electron chi connectivity index (χ4n) is 2.04. The highest BCUT2D eigenvalue weighted by Crippen LogP contribution is 2.23. The lowest BCUT2D eigenvalue weighted by molar-refractivity contribution is 0.0995. The van der Waals surface area contributed by atoms with E-state index >= 15 is 0 Å². The molecule has 0 spiro atoms. The molecule has 0 bridgehead atoms. The van der Waals surface area contributed by atoms with Gasteiger partial charge in [0.05, 0.1) is 0 Å². The molecule has 0 aliphatic carbocycles. The smallest absolute Gasteiger partial charge is 0.255 e. The maximum atomic E-state index is 11.6.